The van der Waals surface area contributed by atoms with Gasteiger partial charge in [0.25, 0.3) is 5.91 Å². The summed E-state index contributed by atoms with van der Waals surface area (Å²) in [5.41, 5.74) is 1.96. The summed E-state index contributed by atoms with van der Waals surface area (Å²) in [5, 5.41) is 0. The summed E-state index contributed by atoms with van der Waals surface area (Å²) >= 11 is 3.48. The molecule has 0 aromatic heterocycles. The summed E-state index contributed by atoms with van der Waals surface area (Å²) in [7, 11) is 3.20. The first-order chi connectivity index (χ1) is 12.0. The lowest BCUT2D eigenvalue weighted by molar-refractivity contribution is -0.135. The van der Waals surface area contributed by atoms with E-state index in [4.69, 9.17) is 14.2 Å². The van der Waals surface area contributed by atoms with Crippen molar-refractivity contribution in [3.63, 3.8) is 0 Å². The molecule has 0 saturated carbocycles. The Balaban J connectivity index is 1.92. The first-order valence-corrected chi connectivity index (χ1v) is 8.75. The highest BCUT2D eigenvalue weighted by Crippen LogP contribution is 2.34. The number of carbonyl (C=O) groups is 1. The summed E-state index contributed by atoms with van der Waals surface area (Å²) in [6, 6.07) is 11.4. The second kappa shape index (κ2) is 7.35. The van der Waals surface area contributed by atoms with Crippen LogP contribution in [0.2, 0.25) is 0 Å². The molecule has 1 heterocycles. The van der Waals surface area contributed by atoms with Crippen LogP contribution >= 0.6 is 15.9 Å². The molecule has 1 aliphatic rings. The second-order valence-corrected chi connectivity index (χ2v) is 6.77. The number of hydrogen-bond donors (Lipinski definition) is 0. The monoisotopic (exact) mass is 405 g/mol. The van der Waals surface area contributed by atoms with Crippen molar-refractivity contribution < 1.29 is 19.0 Å². The molecular formula is C19H20BrNO4. The first kappa shape index (κ1) is 17.6. The number of amides is 1. The summed E-state index contributed by atoms with van der Waals surface area (Å²) in [6.45, 7) is 2.53. The largest absolute Gasteiger partial charge is 0.493 e. The zero-order valence-corrected chi connectivity index (χ0v) is 16.0. The number of hydrogen-bond acceptors (Lipinski definition) is 4. The molecule has 0 saturated heterocycles. The highest BCUT2D eigenvalue weighted by molar-refractivity contribution is 9.10. The molecule has 1 aliphatic heterocycles. The van der Waals surface area contributed by atoms with E-state index >= 15 is 0 Å². The Morgan fingerprint density at radius 1 is 1.12 bits per heavy atom. The molecule has 5 nitrogen and oxygen atoms in total. The predicted molar refractivity (Wildman–Crippen MR) is 98.1 cm³/mol. The summed E-state index contributed by atoms with van der Waals surface area (Å²) in [6.07, 6.45) is 0. The first-order valence-electron chi connectivity index (χ1n) is 7.96. The van der Waals surface area contributed by atoms with Crippen molar-refractivity contribution in [2.75, 3.05) is 20.8 Å². The van der Waals surface area contributed by atoms with Crippen LogP contribution in [0.1, 0.15) is 24.1 Å². The van der Waals surface area contributed by atoms with E-state index < -0.39 is 0 Å². The topological polar surface area (TPSA) is 48.0 Å². The Morgan fingerprint density at radius 2 is 1.88 bits per heavy atom. The van der Waals surface area contributed by atoms with Gasteiger partial charge in [0.1, 0.15) is 5.75 Å². The summed E-state index contributed by atoms with van der Waals surface area (Å²) < 4.78 is 17.3. The number of halogens is 1. The van der Waals surface area contributed by atoms with Crippen molar-refractivity contribution >= 4 is 21.8 Å². The second-order valence-electron chi connectivity index (χ2n) is 5.85. The third-order valence-electron chi connectivity index (χ3n) is 4.39. The molecule has 0 radical (unpaired) electrons. The fourth-order valence-electron chi connectivity index (χ4n) is 2.95. The number of rotatable bonds is 4. The number of nitrogens with zero attached hydrogens (tertiary/aromatic N) is 1. The van der Waals surface area contributed by atoms with Gasteiger partial charge in [0, 0.05) is 10.0 Å². The van der Waals surface area contributed by atoms with Crippen LogP contribution in [0.4, 0.5) is 0 Å². The smallest absolute Gasteiger partial charge is 0.261 e. The number of benzene rings is 2. The van der Waals surface area contributed by atoms with Gasteiger partial charge in [-0.3, -0.25) is 4.79 Å². The Labute approximate surface area is 155 Å². The molecule has 2 aromatic rings. The van der Waals surface area contributed by atoms with Gasteiger partial charge in [-0.25, -0.2) is 0 Å². The van der Waals surface area contributed by atoms with E-state index in [2.05, 4.69) is 15.9 Å². The quantitative estimate of drug-likeness (QED) is 0.772. The van der Waals surface area contributed by atoms with Crippen molar-refractivity contribution in [2.24, 2.45) is 0 Å². The summed E-state index contributed by atoms with van der Waals surface area (Å²) in [4.78, 5) is 14.4. The standard InChI is InChI=1S/C19H20BrNO4/c1-12(13-4-6-17(23-2)18(9-13)24-3)21-10-14-8-15(20)5-7-16(14)25-11-19(21)22/h4-9,12H,10-11H2,1-3H3/t12-/m0/s1. The number of methoxy groups -OCH3 is 2. The number of carbonyl (C=O) groups excluding carboxylic acids is 1. The van der Waals surface area contributed by atoms with Crippen LogP contribution in [0, 0.1) is 0 Å². The SMILES string of the molecule is COc1ccc([C@H](C)N2Cc3cc(Br)ccc3OCC2=O)cc1OC. The van der Waals surface area contributed by atoms with Crippen LogP contribution in [0.25, 0.3) is 0 Å². The molecule has 0 bridgehead atoms. The van der Waals surface area contributed by atoms with E-state index in [1.807, 2.05) is 48.2 Å². The zero-order chi connectivity index (χ0) is 18.0. The van der Waals surface area contributed by atoms with Crippen LogP contribution in [-0.4, -0.2) is 31.6 Å². The van der Waals surface area contributed by atoms with Crippen molar-refractivity contribution in [1.82, 2.24) is 4.90 Å². The average molecular weight is 406 g/mol. The van der Waals surface area contributed by atoms with Gasteiger partial charge in [0.05, 0.1) is 26.8 Å². The van der Waals surface area contributed by atoms with E-state index in [9.17, 15) is 4.79 Å². The number of fused-ring (bicyclic) bond motifs is 1. The minimum absolute atomic E-state index is 0.0340. The predicted octanol–water partition coefficient (Wildman–Crippen LogP) is 3.95. The Hall–Kier alpha value is -2.21. The molecule has 0 N–H and O–H groups in total. The van der Waals surface area contributed by atoms with Gasteiger partial charge in [-0.1, -0.05) is 22.0 Å². The molecule has 0 aliphatic carbocycles. The highest BCUT2D eigenvalue weighted by atomic mass is 79.9. The Morgan fingerprint density at radius 3 is 2.60 bits per heavy atom. The lowest BCUT2D eigenvalue weighted by Gasteiger charge is -2.28. The van der Waals surface area contributed by atoms with Gasteiger partial charge in [0.15, 0.2) is 18.1 Å². The maximum absolute atomic E-state index is 12.6. The van der Waals surface area contributed by atoms with E-state index in [0.29, 0.717) is 18.0 Å². The molecule has 132 valence electrons. The normalized spacial score (nSPS) is 15.0. The summed E-state index contributed by atoms with van der Waals surface area (Å²) in [5.74, 6) is 2.01. The fourth-order valence-corrected chi connectivity index (χ4v) is 3.36. The van der Waals surface area contributed by atoms with Gasteiger partial charge < -0.3 is 19.1 Å². The van der Waals surface area contributed by atoms with Crippen LogP contribution in [-0.2, 0) is 11.3 Å². The lowest BCUT2D eigenvalue weighted by atomic mass is 10.0. The van der Waals surface area contributed by atoms with Gasteiger partial charge in [-0.15, -0.1) is 0 Å². The van der Waals surface area contributed by atoms with Gasteiger partial charge in [-0.2, -0.15) is 0 Å². The van der Waals surface area contributed by atoms with Crippen LogP contribution in [0.15, 0.2) is 40.9 Å². The molecule has 3 rings (SSSR count). The lowest BCUT2D eigenvalue weighted by Crippen LogP contribution is -2.34. The third-order valence-corrected chi connectivity index (χ3v) is 4.89. The molecule has 25 heavy (non-hydrogen) atoms. The van der Waals surface area contributed by atoms with Crippen molar-refractivity contribution in [3.05, 3.63) is 52.0 Å². The molecule has 1 amide bonds. The van der Waals surface area contributed by atoms with Gasteiger partial charge >= 0.3 is 0 Å². The fraction of sp³-hybridized carbons (Fsp3) is 0.316. The Bertz CT molecular complexity index is 793. The molecular weight excluding hydrogens is 386 g/mol. The molecule has 0 unspecified atom stereocenters. The maximum atomic E-state index is 12.6. The molecule has 2 aromatic carbocycles. The molecule has 6 heteroatoms. The minimum atomic E-state index is -0.124. The Kier molecular flexibility index (Phi) is 5.18. The van der Waals surface area contributed by atoms with E-state index in [1.165, 1.54) is 0 Å². The number of ether oxygens (including phenoxy) is 3. The minimum Gasteiger partial charge on any atom is -0.493 e. The van der Waals surface area contributed by atoms with Gasteiger partial charge in [-0.05, 0) is 42.8 Å². The molecule has 1 atom stereocenters. The maximum Gasteiger partial charge on any atom is 0.261 e. The van der Waals surface area contributed by atoms with Crippen LogP contribution < -0.4 is 14.2 Å². The zero-order valence-electron chi connectivity index (χ0n) is 14.4. The van der Waals surface area contributed by atoms with Crippen molar-refractivity contribution in [3.8, 4) is 17.2 Å². The van der Waals surface area contributed by atoms with E-state index in [-0.39, 0.29) is 18.6 Å². The highest BCUT2D eigenvalue weighted by Gasteiger charge is 2.27. The van der Waals surface area contributed by atoms with Crippen LogP contribution in [0.5, 0.6) is 17.2 Å². The molecule has 0 fully saturated rings. The van der Waals surface area contributed by atoms with Gasteiger partial charge in [0.2, 0.25) is 0 Å². The van der Waals surface area contributed by atoms with Crippen LogP contribution in [0.3, 0.4) is 0 Å². The molecule has 0 spiro atoms. The third kappa shape index (κ3) is 3.58. The van der Waals surface area contributed by atoms with E-state index in [0.717, 1.165) is 21.3 Å². The average Bonchev–Trinajstić information content (AvgIpc) is 2.79. The van der Waals surface area contributed by atoms with Crippen molar-refractivity contribution in [2.45, 2.75) is 19.5 Å². The van der Waals surface area contributed by atoms with Crippen molar-refractivity contribution in [1.29, 1.82) is 0 Å². The van der Waals surface area contributed by atoms with E-state index in [1.54, 1.807) is 14.2 Å².